The van der Waals surface area contributed by atoms with Crippen molar-refractivity contribution in [1.82, 2.24) is 9.78 Å². The van der Waals surface area contributed by atoms with Gasteiger partial charge < -0.3 is 5.73 Å². The molecule has 6 heteroatoms. The maximum absolute atomic E-state index is 12.4. The number of anilines is 1. The molecule has 0 saturated carbocycles. The maximum Gasteiger partial charge on any atom is 0.184 e. The lowest BCUT2D eigenvalue weighted by molar-refractivity contribution is 0.595. The second-order valence-electron chi connectivity index (χ2n) is 4.50. The molecule has 19 heavy (non-hydrogen) atoms. The minimum Gasteiger partial charge on any atom is -0.398 e. The molecule has 0 spiro atoms. The van der Waals surface area contributed by atoms with Crippen molar-refractivity contribution in [2.75, 3.05) is 5.73 Å². The zero-order valence-corrected chi connectivity index (χ0v) is 11.8. The van der Waals surface area contributed by atoms with E-state index in [4.69, 9.17) is 5.73 Å². The topological polar surface area (TPSA) is 78.0 Å². The average molecular weight is 279 g/mol. The van der Waals surface area contributed by atoms with Gasteiger partial charge in [0.25, 0.3) is 0 Å². The fourth-order valence-electron chi connectivity index (χ4n) is 1.86. The lowest BCUT2D eigenvalue weighted by atomic mass is 10.2. The summed E-state index contributed by atoms with van der Waals surface area (Å²) in [4.78, 5) is 0.191. The van der Waals surface area contributed by atoms with Gasteiger partial charge in [0.05, 0.1) is 22.5 Å². The van der Waals surface area contributed by atoms with Crippen LogP contribution in [0, 0.1) is 6.92 Å². The van der Waals surface area contributed by atoms with Gasteiger partial charge >= 0.3 is 0 Å². The van der Waals surface area contributed by atoms with Gasteiger partial charge in [-0.3, -0.25) is 4.68 Å². The summed E-state index contributed by atoms with van der Waals surface area (Å²) >= 11 is 0. The Kier molecular flexibility index (Phi) is 3.61. The van der Waals surface area contributed by atoms with Crippen LogP contribution in [0.2, 0.25) is 0 Å². The van der Waals surface area contributed by atoms with E-state index in [9.17, 15) is 8.42 Å². The molecule has 102 valence electrons. The Balaban J connectivity index is 2.34. The van der Waals surface area contributed by atoms with Crippen LogP contribution in [0.4, 0.5) is 5.69 Å². The molecule has 0 aliphatic heterocycles. The van der Waals surface area contributed by atoms with E-state index in [2.05, 4.69) is 5.10 Å². The molecule has 2 rings (SSSR count). The number of aromatic nitrogens is 2. The van der Waals surface area contributed by atoms with Crippen LogP contribution in [0.15, 0.2) is 35.5 Å². The number of nitrogens with two attached hydrogens (primary N) is 1. The third-order valence-corrected chi connectivity index (χ3v) is 4.61. The Morgan fingerprint density at radius 1 is 1.37 bits per heavy atom. The average Bonchev–Trinajstić information content (AvgIpc) is 2.79. The van der Waals surface area contributed by atoms with E-state index in [0.717, 1.165) is 5.56 Å². The Hall–Kier alpha value is -1.82. The van der Waals surface area contributed by atoms with Gasteiger partial charge in [0.15, 0.2) is 9.84 Å². The first-order chi connectivity index (χ1) is 8.92. The second kappa shape index (κ2) is 5.05. The highest BCUT2D eigenvalue weighted by molar-refractivity contribution is 7.90. The van der Waals surface area contributed by atoms with Gasteiger partial charge in [-0.15, -0.1) is 0 Å². The zero-order chi connectivity index (χ0) is 14.0. The van der Waals surface area contributed by atoms with E-state index in [1.165, 1.54) is 0 Å². The minimum absolute atomic E-state index is 0.0827. The summed E-state index contributed by atoms with van der Waals surface area (Å²) in [5, 5.41) is 4.07. The molecule has 0 radical (unpaired) electrons. The predicted molar refractivity (Wildman–Crippen MR) is 74.4 cm³/mol. The van der Waals surface area contributed by atoms with Crippen molar-refractivity contribution in [2.24, 2.45) is 0 Å². The maximum atomic E-state index is 12.4. The van der Waals surface area contributed by atoms with Gasteiger partial charge in [-0.1, -0.05) is 6.07 Å². The molecule has 0 fully saturated rings. The summed E-state index contributed by atoms with van der Waals surface area (Å²) in [6.07, 6.45) is 3.32. The third kappa shape index (κ3) is 2.96. The van der Waals surface area contributed by atoms with Crippen LogP contribution < -0.4 is 5.73 Å². The summed E-state index contributed by atoms with van der Waals surface area (Å²) in [6, 6.07) is 5.02. The molecule has 1 heterocycles. The van der Waals surface area contributed by atoms with Crippen LogP contribution in [0.5, 0.6) is 0 Å². The SMILES string of the molecule is CCn1cc(CS(=O)(=O)c2cc(C)ccc2N)cn1. The normalized spacial score (nSPS) is 11.7. The van der Waals surface area contributed by atoms with Crippen molar-refractivity contribution in [1.29, 1.82) is 0 Å². The summed E-state index contributed by atoms with van der Waals surface area (Å²) in [5.74, 6) is -0.0827. The van der Waals surface area contributed by atoms with Crippen molar-refractivity contribution in [2.45, 2.75) is 31.0 Å². The highest BCUT2D eigenvalue weighted by Gasteiger charge is 2.19. The Labute approximate surface area is 113 Å². The van der Waals surface area contributed by atoms with Crippen molar-refractivity contribution in [3.05, 3.63) is 41.7 Å². The molecule has 0 aliphatic carbocycles. The van der Waals surface area contributed by atoms with Gasteiger partial charge in [-0.25, -0.2) is 8.42 Å². The lowest BCUT2D eigenvalue weighted by Crippen LogP contribution is -2.08. The second-order valence-corrected chi connectivity index (χ2v) is 6.46. The molecular formula is C13H17N3O2S. The molecule has 2 N–H and O–H groups in total. The van der Waals surface area contributed by atoms with E-state index in [-0.39, 0.29) is 16.3 Å². The Bertz CT molecular complexity index is 690. The fraction of sp³-hybridized carbons (Fsp3) is 0.308. The van der Waals surface area contributed by atoms with Gasteiger partial charge in [0, 0.05) is 18.3 Å². The van der Waals surface area contributed by atoms with E-state index in [1.54, 1.807) is 35.3 Å². The van der Waals surface area contributed by atoms with E-state index in [0.29, 0.717) is 12.1 Å². The van der Waals surface area contributed by atoms with Crippen LogP contribution >= 0.6 is 0 Å². The summed E-state index contributed by atoms with van der Waals surface area (Å²) < 4.78 is 26.4. The van der Waals surface area contributed by atoms with Crippen molar-refractivity contribution in [3.63, 3.8) is 0 Å². The molecule has 0 atom stereocenters. The van der Waals surface area contributed by atoms with Crippen LogP contribution in [-0.2, 0) is 22.1 Å². The van der Waals surface area contributed by atoms with E-state index >= 15 is 0 Å². The van der Waals surface area contributed by atoms with Crippen molar-refractivity contribution >= 4 is 15.5 Å². The largest absolute Gasteiger partial charge is 0.398 e. The summed E-state index contributed by atoms with van der Waals surface area (Å²) in [7, 11) is -3.44. The predicted octanol–water partition coefficient (Wildman–Crippen LogP) is 1.77. The third-order valence-electron chi connectivity index (χ3n) is 2.87. The molecule has 1 aromatic carbocycles. The van der Waals surface area contributed by atoms with E-state index in [1.807, 2.05) is 13.8 Å². The molecule has 0 saturated heterocycles. The lowest BCUT2D eigenvalue weighted by Gasteiger charge is -2.07. The van der Waals surface area contributed by atoms with E-state index < -0.39 is 9.84 Å². The number of rotatable bonds is 4. The van der Waals surface area contributed by atoms with Gasteiger partial charge in [0.2, 0.25) is 0 Å². The molecule has 0 aliphatic rings. The van der Waals surface area contributed by atoms with Gasteiger partial charge in [-0.2, -0.15) is 5.10 Å². The van der Waals surface area contributed by atoms with Crippen LogP contribution in [0.3, 0.4) is 0 Å². The monoisotopic (exact) mass is 279 g/mol. The van der Waals surface area contributed by atoms with Crippen LogP contribution in [0.25, 0.3) is 0 Å². The molecule has 1 aromatic heterocycles. The van der Waals surface area contributed by atoms with Crippen LogP contribution in [0.1, 0.15) is 18.1 Å². The standard InChI is InChI=1S/C13H17N3O2S/c1-3-16-8-11(7-15-16)9-19(17,18)13-6-10(2)4-5-12(13)14/h4-8H,3,9,14H2,1-2H3. The molecule has 0 unspecified atom stereocenters. The number of aryl methyl sites for hydroxylation is 2. The minimum atomic E-state index is -3.44. The molecule has 0 amide bonds. The quantitative estimate of drug-likeness (QED) is 0.865. The highest BCUT2D eigenvalue weighted by atomic mass is 32.2. The number of benzene rings is 1. The fourth-order valence-corrected chi connectivity index (χ4v) is 3.40. The summed E-state index contributed by atoms with van der Waals surface area (Å²) in [6.45, 7) is 4.50. The molecule has 0 bridgehead atoms. The molecule has 5 nitrogen and oxygen atoms in total. The van der Waals surface area contributed by atoms with Crippen molar-refractivity contribution < 1.29 is 8.42 Å². The number of hydrogen-bond acceptors (Lipinski definition) is 4. The van der Waals surface area contributed by atoms with Gasteiger partial charge in [0.1, 0.15) is 0 Å². The highest BCUT2D eigenvalue weighted by Crippen LogP contribution is 2.23. The molecule has 2 aromatic rings. The number of nitrogens with zero attached hydrogens (tertiary/aromatic N) is 2. The Morgan fingerprint density at radius 2 is 2.11 bits per heavy atom. The first-order valence-electron chi connectivity index (χ1n) is 6.02. The smallest absolute Gasteiger partial charge is 0.184 e. The first-order valence-corrected chi connectivity index (χ1v) is 7.68. The zero-order valence-electron chi connectivity index (χ0n) is 11.0. The van der Waals surface area contributed by atoms with Crippen molar-refractivity contribution in [3.8, 4) is 0 Å². The van der Waals surface area contributed by atoms with Crippen LogP contribution in [-0.4, -0.2) is 18.2 Å². The molecular weight excluding hydrogens is 262 g/mol. The number of sulfone groups is 1. The first kappa shape index (κ1) is 13.6. The number of nitrogen functional groups attached to an aromatic ring is 1. The number of hydrogen-bond donors (Lipinski definition) is 1. The summed E-state index contributed by atoms with van der Waals surface area (Å²) in [5.41, 5.74) is 7.59. The Morgan fingerprint density at radius 3 is 2.74 bits per heavy atom. The van der Waals surface area contributed by atoms with Gasteiger partial charge in [-0.05, 0) is 31.5 Å².